The average molecular weight is 197 g/mol. The van der Waals surface area contributed by atoms with Crippen LogP contribution in [0.25, 0.3) is 22.2 Å². The van der Waals surface area contributed by atoms with E-state index in [2.05, 4.69) is 19.9 Å². The summed E-state index contributed by atoms with van der Waals surface area (Å²) in [5, 5.41) is 7.56. The Morgan fingerprint density at radius 1 is 0.800 bits per heavy atom. The van der Waals surface area contributed by atoms with E-state index in [1.54, 1.807) is 12.4 Å². The SMILES string of the molecule is c1cc(-c2ccc3nonc3c2)ccn1. The first-order valence-corrected chi connectivity index (χ1v) is 4.56. The van der Waals surface area contributed by atoms with Crippen LogP contribution in [0.4, 0.5) is 0 Å². The van der Waals surface area contributed by atoms with Crippen LogP contribution in [0.1, 0.15) is 0 Å². The van der Waals surface area contributed by atoms with Gasteiger partial charge in [0.1, 0.15) is 11.0 Å². The minimum absolute atomic E-state index is 0.768. The largest absolute Gasteiger partial charge is 0.265 e. The second kappa shape index (κ2) is 3.16. The van der Waals surface area contributed by atoms with Gasteiger partial charge in [0.2, 0.25) is 0 Å². The molecule has 0 fully saturated rings. The summed E-state index contributed by atoms with van der Waals surface area (Å²) in [4.78, 5) is 3.98. The van der Waals surface area contributed by atoms with Gasteiger partial charge in [-0.15, -0.1) is 0 Å². The van der Waals surface area contributed by atoms with E-state index >= 15 is 0 Å². The fourth-order valence-corrected chi connectivity index (χ4v) is 1.51. The topological polar surface area (TPSA) is 51.8 Å². The summed E-state index contributed by atoms with van der Waals surface area (Å²) in [6.07, 6.45) is 3.53. The normalized spacial score (nSPS) is 10.7. The molecule has 0 aliphatic heterocycles. The summed E-state index contributed by atoms with van der Waals surface area (Å²) in [5.74, 6) is 0. The summed E-state index contributed by atoms with van der Waals surface area (Å²) in [6, 6.07) is 9.73. The number of hydrogen-bond acceptors (Lipinski definition) is 4. The van der Waals surface area contributed by atoms with Gasteiger partial charge in [0.15, 0.2) is 0 Å². The summed E-state index contributed by atoms with van der Waals surface area (Å²) in [6.45, 7) is 0. The lowest BCUT2D eigenvalue weighted by atomic mass is 10.1. The standard InChI is InChI=1S/C11H7N3O/c1-2-10-11(14-15-13-10)7-9(1)8-3-5-12-6-4-8/h1-7H. The Bertz CT molecular complexity index is 589. The molecule has 15 heavy (non-hydrogen) atoms. The van der Waals surface area contributed by atoms with Crippen LogP contribution in [0.15, 0.2) is 47.4 Å². The van der Waals surface area contributed by atoms with Crippen molar-refractivity contribution in [2.24, 2.45) is 0 Å². The molecule has 1 aromatic carbocycles. The van der Waals surface area contributed by atoms with Crippen molar-refractivity contribution >= 4 is 11.0 Å². The van der Waals surface area contributed by atoms with Gasteiger partial charge in [0.05, 0.1) is 0 Å². The molecule has 2 aromatic heterocycles. The Morgan fingerprint density at radius 3 is 2.47 bits per heavy atom. The highest BCUT2D eigenvalue weighted by molar-refractivity contribution is 5.80. The van der Waals surface area contributed by atoms with Gasteiger partial charge < -0.3 is 0 Å². The first-order chi connectivity index (χ1) is 7.43. The molecule has 3 rings (SSSR count). The van der Waals surface area contributed by atoms with Crippen LogP contribution in [-0.4, -0.2) is 15.3 Å². The molecule has 0 amide bonds. The molecule has 72 valence electrons. The molecule has 4 heteroatoms. The van der Waals surface area contributed by atoms with Gasteiger partial charge in [-0.3, -0.25) is 4.98 Å². The zero-order valence-electron chi connectivity index (χ0n) is 7.79. The van der Waals surface area contributed by atoms with Gasteiger partial charge in [0.25, 0.3) is 0 Å². The Morgan fingerprint density at radius 2 is 1.60 bits per heavy atom. The fourth-order valence-electron chi connectivity index (χ4n) is 1.51. The summed E-state index contributed by atoms with van der Waals surface area (Å²) in [7, 11) is 0. The van der Waals surface area contributed by atoms with Gasteiger partial charge >= 0.3 is 0 Å². The lowest BCUT2D eigenvalue weighted by Crippen LogP contribution is -1.78. The second-order valence-electron chi connectivity index (χ2n) is 3.20. The van der Waals surface area contributed by atoms with Crippen molar-refractivity contribution in [1.82, 2.24) is 15.3 Å². The van der Waals surface area contributed by atoms with E-state index in [0.29, 0.717) is 0 Å². The number of aromatic nitrogens is 3. The minimum atomic E-state index is 0.768. The molecule has 0 radical (unpaired) electrons. The average Bonchev–Trinajstić information content (AvgIpc) is 2.77. The molecule has 0 spiro atoms. The highest BCUT2D eigenvalue weighted by Crippen LogP contribution is 2.21. The molecule has 0 atom stereocenters. The van der Waals surface area contributed by atoms with Crippen LogP contribution in [0.2, 0.25) is 0 Å². The predicted molar refractivity (Wildman–Crippen MR) is 55.0 cm³/mol. The summed E-state index contributed by atoms with van der Waals surface area (Å²) in [5.41, 5.74) is 3.73. The number of nitrogens with zero attached hydrogens (tertiary/aromatic N) is 3. The Kier molecular flexibility index (Phi) is 1.71. The first kappa shape index (κ1) is 8.11. The van der Waals surface area contributed by atoms with Crippen molar-refractivity contribution in [2.75, 3.05) is 0 Å². The first-order valence-electron chi connectivity index (χ1n) is 4.56. The van der Waals surface area contributed by atoms with Crippen LogP contribution in [0, 0.1) is 0 Å². The maximum Gasteiger partial charge on any atom is 0.135 e. The quantitative estimate of drug-likeness (QED) is 0.600. The molecule has 0 bridgehead atoms. The summed E-state index contributed by atoms with van der Waals surface area (Å²) < 4.78 is 4.64. The minimum Gasteiger partial charge on any atom is -0.265 e. The van der Waals surface area contributed by atoms with Gasteiger partial charge in [0, 0.05) is 12.4 Å². The molecule has 0 saturated heterocycles. The smallest absolute Gasteiger partial charge is 0.135 e. The van der Waals surface area contributed by atoms with Crippen molar-refractivity contribution in [3.63, 3.8) is 0 Å². The Balaban J connectivity index is 2.19. The number of rotatable bonds is 1. The molecule has 3 aromatic rings. The molecule has 0 N–H and O–H groups in total. The molecular weight excluding hydrogens is 190 g/mol. The lowest BCUT2D eigenvalue weighted by molar-refractivity contribution is 0.315. The zero-order chi connectivity index (χ0) is 10.1. The Hall–Kier alpha value is -2.23. The van der Waals surface area contributed by atoms with Crippen molar-refractivity contribution in [2.45, 2.75) is 0 Å². The molecule has 0 aliphatic rings. The van der Waals surface area contributed by atoms with E-state index in [1.807, 2.05) is 30.3 Å². The molecule has 4 nitrogen and oxygen atoms in total. The molecule has 0 aliphatic carbocycles. The van der Waals surface area contributed by atoms with Crippen LogP contribution in [0.5, 0.6) is 0 Å². The number of fused-ring (bicyclic) bond motifs is 1. The third kappa shape index (κ3) is 1.36. The fraction of sp³-hybridized carbons (Fsp3) is 0. The monoisotopic (exact) mass is 197 g/mol. The van der Waals surface area contributed by atoms with E-state index in [-0.39, 0.29) is 0 Å². The van der Waals surface area contributed by atoms with Crippen LogP contribution < -0.4 is 0 Å². The number of hydrogen-bond donors (Lipinski definition) is 0. The number of pyridine rings is 1. The lowest BCUT2D eigenvalue weighted by Gasteiger charge is -1.98. The highest BCUT2D eigenvalue weighted by atomic mass is 16.6. The van der Waals surface area contributed by atoms with Crippen molar-refractivity contribution in [3.8, 4) is 11.1 Å². The van der Waals surface area contributed by atoms with Crippen LogP contribution >= 0.6 is 0 Å². The molecule has 2 heterocycles. The van der Waals surface area contributed by atoms with E-state index in [9.17, 15) is 0 Å². The van der Waals surface area contributed by atoms with E-state index in [0.717, 1.165) is 22.2 Å². The van der Waals surface area contributed by atoms with Gasteiger partial charge in [-0.1, -0.05) is 6.07 Å². The van der Waals surface area contributed by atoms with Crippen molar-refractivity contribution in [3.05, 3.63) is 42.7 Å². The predicted octanol–water partition coefficient (Wildman–Crippen LogP) is 2.28. The summed E-state index contributed by atoms with van der Waals surface area (Å²) >= 11 is 0. The third-order valence-electron chi connectivity index (χ3n) is 2.27. The molecule has 0 unspecified atom stereocenters. The maximum absolute atomic E-state index is 4.64. The second-order valence-corrected chi connectivity index (χ2v) is 3.20. The van der Waals surface area contributed by atoms with Gasteiger partial charge in [-0.2, -0.15) is 0 Å². The molecular formula is C11H7N3O. The third-order valence-corrected chi connectivity index (χ3v) is 2.27. The highest BCUT2D eigenvalue weighted by Gasteiger charge is 2.02. The van der Waals surface area contributed by atoms with Gasteiger partial charge in [-0.25, -0.2) is 4.63 Å². The van der Waals surface area contributed by atoms with Crippen LogP contribution in [0.3, 0.4) is 0 Å². The van der Waals surface area contributed by atoms with Crippen molar-refractivity contribution in [1.29, 1.82) is 0 Å². The zero-order valence-corrected chi connectivity index (χ0v) is 7.79. The van der Waals surface area contributed by atoms with E-state index < -0.39 is 0 Å². The van der Waals surface area contributed by atoms with E-state index in [1.165, 1.54) is 0 Å². The molecule has 0 saturated carbocycles. The van der Waals surface area contributed by atoms with Crippen LogP contribution in [-0.2, 0) is 0 Å². The maximum atomic E-state index is 4.64. The van der Waals surface area contributed by atoms with Crippen molar-refractivity contribution < 1.29 is 4.63 Å². The van der Waals surface area contributed by atoms with E-state index in [4.69, 9.17) is 0 Å². The Labute approximate surface area is 85.5 Å². The van der Waals surface area contributed by atoms with Gasteiger partial charge in [-0.05, 0) is 45.7 Å². The number of benzene rings is 1.